The summed E-state index contributed by atoms with van der Waals surface area (Å²) in [7, 11) is 0. The summed E-state index contributed by atoms with van der Waals surface area (Å²) in [5.74, 6) is 2.02. The van der Waals surface area contributed by atoms with E-state index in [1.807, 2.05) is 24.3 Å². The Hall–Kier alpha value is -2.69. The molecule has 0 fully saturated rings. The fraction of sp³-hybridized carbons (Fsp3) is 0.278. The van der Waals surface area contributed by atoms with Gasteiger partial charge >= 0.3 is 0 Å². The topological polar surface area (TPSA) is 56.8 Å². The number of carbonyl (C=O) groups is 1. The molecule has 0 saturated carbocycles. The molecule has 1 atom stereocenters. The molecule has 4 rings (SSSR count). The van der Waals surface area contributed by atoms with Crippen LogP contribution in [0.25, 0.3) is 0 Å². The predicted octanol–water partition coefficient (Wildman–Crippen LogP) is 2.71. The molecule has 1 amide bonds. The van der Waals surface area contributed by atoms with Crippen LogP contribution in [-0.2, 0) is 0 Å². The van der Waals surface area contributed by atoms with Gasteiger partial charge in [0.2, 0.25) is 0 Å². The Labute approximate surface area is 134 Å². The summed E-state index contributed by atoms with van der Waals surface area (Å²) in [6.45, 7) is 1.64. The summed E-state index contributed by atoms with van der Waals surface area (Å²) < 4.78 is 16.6. The molecule has 118 valence electrons. The van der Waals surface area contributed by atoms with Gasteiger partial charge in [0.25, 0.3) is 5.91 Å². The first-order chi connectivity index (χ1) is 11.3. The number of ether oxygens (including phenoxy) is 3. The van der Waals surface area contributed by atoms with Crippen LogP contribution in [0.4, 0.5) is 0 Å². The number of rotatable bonds is 2. The fourth-order valence-corrected chi connectivity index (χ4v) is 2.92. The molecule has 0 radical (unpaired) electrons. The monoisotopic (exact) mass is 311 g/mol. The van der Waals surface area contributed by atoms with Crippen molar-refractivity contribution in [1.82, 2.24) is 5.32 Å². The highest BCUT2D eigenvalue weighted by atomic mass is 16.6. The first kappa shape index (κ1) is 13.9. The molecule has 2 aromatic rings. The standard InChI is InChI=1S/C18H17NO4/c20-18(12-5-6-16-17(11-12)23-10-9-22-16)19-14-7-8-21-15-4-2-1-3-13(14)15/h1-6,11,14H,7-10H2,(H,19,20)/t14-/m1/s1. The minimum atomic E-state index is -0.122. The molecule has 23 heavy (non-hydrogen) atoms. The first-order valence-corrected chi connectivity index (χ1v) is 7.73. The van der Waals surface area contributed by atoms with Gasteiger partial charge in [-0.05, 0) is 24.3 Å². The Balaban J connectivity index is 1.55. The van der Waals surface area contributed by atoms with E-state index in [1.54, 1.807) is 18.2 Å². The Morgan fingerprint density at radius 2 is 1.70 bits per heavy atom. The minimum absolute atomic E-state index is 0.0411. The van der Waals surface area contributed by atoms with Crippen LogP contribution in [0.15, 0.2) is 42.5 Å². The Morgan fingerprint density at radius 3 is 2.61 bits per heavy atom. The van der Waals surface area contributed by atoms with Crippen molar-refractivity contribution in [3.63, 3.8) is 0 Å². The summed E-state index contributed by atoms with van der Waals surface area (Å²) in [4.78, 5) is 12.6. The largest absolute Gasteiger partial charge is 0.493 e. The van der Waals surface area contributed by atoms with Crippen LogP contribution in [-0.4, -0.2) is 25.7 Å². The van der Waals surface area contributed by atoms with E-state index in [9.17, 15) is 4.79 Å². The number of para-hydroxylation sites is 1. The summed E-state index contributed by atoms with van der Waals surface area (Å²) in [5.41, 5.74) is 1.59. The molecule has 2 heterocycles. The summed E-state index contributed by atoms with van der Waals surface area (Å²) >= 11 is 0. The zero-order chi connectivity index (χ0) is 15.6. The van der Waals surface area contributed by atoms with Gasteiger partial charge in [-0.15, -0.1) is 0 Å². The third-order valence-corrected chi connectivity index (χ3v) is 4.07. The maximum absolute atomic E-state index is 12.6. The van der Waals surface area contributed by atoms with Gasteiger partial charge in [0.15, 0.2) is 11.5 Å². The molecule has 2 aliphatic rings. The second kappa shape index (κ2) is 5.83. The van der Waals surface area contributed by atoms with E-state index in [-0.39, 0.29) is 11.9 Å². The van der Waals surface area contributed by atoms with Crippen molar-refractivity contribution in [2.45, 2.75) is 12.5 Å². The van der Waals surface area contributed by atoms with E-state index in [0.29, 0.717) is 36.9 Å². The molecule has 0 saturated heterocycles. The van der Waals surface area contributed by atoms with E-state index in [2.05, 4.69) is 5.32 Å². The van der Waals surface area contributed by atoms with Crippen LogP contribution in [0.5, 0.6) is 17.2 Å². The van der Waals surface area contributed by atoms with Gasteiger partial charge in [-0.2, -0.15) is 0 Å². The highest BCUT2D eigenvalue weighted by molar-refractivity contribution is 5.95. The Bertz CT molecular complexity index is 744. The Morgan fingerprint density at radius 1 is 0.913 bits per heavy atom. The Kier molecular flexibility index (Phi) is 3.54. The van der Waals surface area contributed by atoms with Crippen molar-refractivity contribution in [3.8, 4) is 17.2 Å². The molecular weight excluding hydrogens is 294 g/mol. The zero-order valence-electron chi connectivity index (χ0n) is 12.6. The lowest BCUT2D eigenvalue weighted by Gasteiger charge is -2.26. The van der Waals surface area contributed by atoms with Gasteiger partial charge in [-0.1, -0.05) is 18.2 Å². The second-order valence-electron chi connectivity index (χ2n) is 5.56. The lowest BCUT2D eigenvalue weighted by atomic mass is 10.00. The average molecular weight is 311 g/mol. The zero-order valence-corrected chi connectivity index (χ0v) is 12.6. The van der Waals surface area contributed by atoms with Crippen LogP contribution in [0.1, 0.15) is 28.4 Å². The maximum atomic E-state index is 12.6. The number of carbonyl (C=O) groups excluding carboxylic acids is 1. The van der Waals surface area contributed by atoms with Gasteiger partial charge in [-0.25, -0.2) is 0 Å². The number of hydrogen-bond acceptors (Lipinski definition) is 4. The van der Waals surface area contributed by atoms with E-state index < -0.39 is 0 Å². The first-order valence-electron chi connectivity index (χ1n) is 7.73. The fourth-order valence-electron chi connectivity index (χ4n) is 2.92. The van der Waals surface area contributed by atoms with Crippen LogP contribution in [0, 0.1) is 0 Å². The normalized spacial score (nSPS) is 18.5. The molecule has 0 bridgehead atoms. The molecule has 5 nitrogen and oxygen atoms in total. The molecule has 0 unspecified atom stereocenters. The summed E-state index contributed by atoms with van der Waals surface area (Å²) in [6.07, 6.45) is 0.757. The van der Waals surface area contributed by atoms with E-state index >= 15 is 0 Å². The van der Waals surface area contributed by atoms with Crippen LogP contribution < -0.4 is 19.5 Å². The third kappa shape index (κ3) is 2.70. The van der Waals surface area contributed by atoms with Gasteiger partial charge in [0.05, 0.1) is 12.6 Å². The molecule has 5 heteroatoms. The quantitative estimate of drug-likeness (QED) is 0.926. The van der Waals surface area contributed by atoms with Crippen molar-refractivity contribution >= 4 is 5.91 Å². The van der Waals surface area contributed by atoms with Crippen molar-refractivity contribution in [3.05, 3.63) is 53.6 Å². The average Bonchev–Trinajstić information content (AvgIpc) is 2.61. The van der Waals surface area contributed by atoms with E-state index in [0.717, 1.165) is 17.7 Å². The van der Waals surface area contributed by atoms with Crippen LogP contribution in [0.2, 0.25) is 0 Å². The van der Waals surface area contributed by atoms with Crippen molar-refractivity contribution in [2.24, 2.45) is 0 Å². The number of fused-ring (bicyclic) bond motifs is 2. The molecule has 0 spiro atoms. The third-order valence-electron chi connectivity index (χ3n) is 4.07. The summed E-state index contributed by atoms with van der Waals surface area (Å²) in [6, 6.07) is 13.0. The maximum Gasteiger partial charge on any atom is 0.251 e. The van der Waals surface area contributed by atoms with Crippen molar-refractivity contribution < 1.29 is 19.0 Å². The predicted molar refractivity (Wildman–Crippen MR) is 84.2 cm³/mol. The molecule has 2 aliphatic heterocycles. The summed E-state index contributed by atoms with van der Waals surface area (Å²) in [5, 5.41) is 3.08. The minimum Gasteiger partial charge on any atom is -0.493 e. The van der Waals surface area contributed by atoms with Crippen molar-refractivity contribution in [1.29, 1.82) is 0 Å². The van der Waals surface area contributed by atoms with Crippen LogP contribution in [0.3, 0.4) is 0 Å². The van der Waals surface area contributed by atoms with Gasteiger partial charge in [0, 0.05) is 17.5 Å². The second-order valence-corrected chi connectivity index (χ2v) is 5.56. The molecule has 0 aliphatic carbocycles. The lowest BCUT2D eigenvalue weighted by molar-refractivity contribution is 0.0923. The SMILES string of the molecule is O=C(N[C@@H]1CCOc2ccccc21)c1ccc2c(c1)OCCO2. The molecule has 1 N–H and O–H groups in total. The highest BCUT2D eigenvalue weighted by Crippen LogP contribution is 2.33. The number of nitrogens with one attached hydrogen (secondary N) is 1. The molecule has 0 aromatic heterocycles. The molecule has 2 aromatic carbocycles. The van der Waals surface area contributed by atoms with Gasteiger partial charge in [0.1, 0.15) is 19.0 Å². The van der Waals surface area contributed by atoms with Gasteiger partial charge < -0.3 is 19.5 Å². The number of amides is 1. The number of hydrogen-bond donors (Lipinski definition) is 1. The van der Waals surface area contributed by atoms with E-state index in [1.165, 1.54) is 0 Å². The van der Waals surface area contributed by atoms with Crippen molar-refractivity contribution in [2.75, 3.05) is 19.8 Å². The lowest BCUT2D eigenvalue weighted by Crippen LogP contribution is -2.32. The smallest absolute Gasteiger partial charge is 0.251 e. The number of benzene rings is 2. The highest BCUT2D eigenvalue weighted by Gasteiger charge is 2.23. The van der Waals surface area contributed by atoms with Crippen LogP contribution >= 0.6 is 0 Å². The van der Waals surface area contributed by atoms with E-state index in [4.69, 9.17) is 14.2 Å². The van der Waals surface area contributed by atoms with Gasteiger partial charge in [-0.3, -0.25) is 4.79 Å². The molecular formula is C18H17NO4.